The van der Waals surface area contributed by atoms with E-state index in [-0.39, 0.29) is 11.8 Å². The topological polar surface area (TPSA) is 78.3 Å². The number of aromatic nitrogens is 1. The maximum atomic E-state index is 8.58. The number of halogens is 2. The van der Waals surface area contributed by atoms with E-state index in [2.05, 4.69) is 31.5 Å². The highest BCUT2D eigenvalue weighted by molar-refractivity contribution is 6.39. The van der Waals surface area contributed by atoms with Crippen LogP contribution in [0.1, 0.15) is 26.5 Å². The summed E-state index contributed by atoms with van der Waals surface area (Å²) in [6, 6.07) is 5.87. The molecule has 1 amide bonds. The van der Waals surface area contributed by atoms with Gasteiger partial charge >= 0.3 is 0 Å². The minimum atomic E-state index is 0.118. The third-order valence-electron chi connectivity index (χ3n) is 3.75. The molecule has 5 nitrogen and oxygen atoms in total. The summed E-state index contributed by atoms with van der Waals surface area (Å²) in [5.41, 5.74) is 6.65. The van der Waals surface area contributed by atoms with Crippen molar-refractivity contribution in [3.05, 3.63) is 46.4 Å². The number of rotatable bonds is 3. The fraction of sp³-hybridized carbons (Fsp3) is 0.300. The van der Waals surface area contributed by atoms with Crippen LogP contribution in [0.5, 0.6) is 5.75 Å². The van der Waals surface area contributed by atoms with Gasteiger partial charge in [0.25, 0.3) is 0 Å². The second-order valence-electron chi connectivity index (χ2n) is 7.12. The van der Waals surface area contributed by atoms with Crippen LogP contribution in [0.15, 0.2) is 35.0 Å². The second-order valence-corrected chi connectivity index (χ2v) is 7.94. The first-order valence-electron chi connectivity index (χ1n) is 8.26. The molecule has 2 heterocycles. The van der Waals surface area contributed by atoms with Gasteiger partial charge in [0.05, 0.1) is 17.2 Å². The summed E-state index contributed by atoms with van der Waals surface area (Å²) in [6.07, 6.45) is 4.26. The van der Waals surface area contributed by atoms with Crippen LogP contribution in [0.2, 0.25) is 10.0 Å². The highest BCUT2D eigenvalue weighted by Gasteiger charge is 2.20. The number of ether oxygens (including phenoxy) is 1. The lowest BCUT2D eigenvalue weighted by molar-refractivity contribution is -0.106. The van der Waals surface area contributed by atoms with E-state index in [0.717, 1.165) is 28.7 Å². The van der Waals surface area contributed by atoms with Crippen molar-refractivity contribution in [1.82, 2.24) is 4.98 Å². The van der Waals surface area contributed by atoms with Crippen molar-refractivity contribution in [3.8, 4) is 16.9 Å². The van der Waals surface area contributed by atoms with Crippen molar-refractivity contribution in [2.75, 3.05) is 7.11 Å². The molecule has 2 aromatic heterocycles. The van der Waals surface area contributed by atoms with E-state index in [0.29, 0.717) is 21.4 Å². The summed E-state index contributed by atoms with van der Waals surface area (Å²) in [5.74, 6) is 1.60. The molecule has 0 fully saturated rings. The van der Waals surface area contributed by atoms with Crippen LogP contribution in [-0.4, -0.2) is 18.5 Å². The van der Waals surface area contributed by atoms with E-state index >= 15 is 0 Å². The number of amides is 1. The fourth-order valence-electron chi connectivity index (χ4n) is 2.81. The maximum Gasteiger partial charge on any atom is 0.204 e. The number of carbonyl (C=O) groups excluding carboxylic acids is 1. The summed E-state index contributed by atoms with van der Waals surface area (Å²) in [4.78, 5) is 12.6. The molecule has 0 atom stereocenters. The van der Waals surface area contributed by atoms with E-state index < -0.39 is 0 Å². The van der Waals surface area contributed by atoms with E-state index in [1.54, 1.807) is 19.5 Å². The van der Waals surface area contributed by atoms with Gasteiger partial charge in [0.15, 0.2) is 11.3 Å². The molecule has 0 aliphatic rings. The molecule has 0 radical (unpaired) electrons. The monoisotopic (exact) mass is 408 g/mol. The van der Waals surface area contributed by atoms with Crippen LogP contribution in [0.25, 0.3) is 22.1 Å². The molecule has 0 saturated heterocycles. The number of furan rings is 1. The van der Waals surface area contributed by atoms with Gasteiger partial charge in [-0.2, -0.15) is 0 Å². The SMILES string of the molecule is COc1ccc(-c2c(Cl)cncc2Cl)c2cc(CC(C)(C)C)oc12.NC=O. The summed E-state index contributed by atoms with van der Waals surface area (Å²) < 4.78 is 11.5. The van der Waals surface area contributed by atoms with Crippen molar-refractivity contribution in [3.63, 3.8) is 0 Å². The Balaban J connectivity index is 0.000000817. The molecule has 144 valence electrons. The summed E-state index contributed by atoms with van der Waals surface area (Å²) in [5, 5.41) is 1.95. The molecular formula is C20H22Cl2N2O3. The van der Waals surface area contributed by atoms with Crippen molar-refractivity contribution >= 4 is 40.6 Å². The fourth-order valence-corrected chi connectivity index (χ4v) is 3.38. The Bertz CT molecular complexity index is 926. The number of methoxy groups -OCH3 is 1. The smallest absolute Gasteiger partial charge is 0.204 e. The molecule has 3 rings (SSSR count). The molecule has 2 N–H and O–H groups in total. The normalized spacial score (nSPS) is 11.0. The molecule has 1 aromatic carbocycles. The largest absolute Gasteiger partial charge is 0.493 e. The van der Waals surface area contributed by atoms with Crippen molar-refractivity contribution in [2.45, 2.75) is 27.2 Å². The summed E-state index contributed by atoms with van der Waals surface area (Å²) in [7, 11) is 1.63. The number of nitrogens with two attached hydrogens (primary N) is 1. The molecule has 3 aromatic rings. The Morgan fingerprint density at radius 3 is 2.33 bits per heavy atom. The molecule has 27 heavy (non-hydrogen) atoms. The number of pyridine rings is 1. The summed E-state index contributed by atoms with van der Waals surface area (Å²) >= 11 is 12.7. The van der Waals surface area contributed by atoms with E-state index in [9.17, 15) is 0 Å². The predicted octanol–water partition coefficient (Wildman–Crippen LogP) is 5.50. The van der Waals surface area contributed by atoms with Gasteiger partial charge in [0, 0.05) is 29.8 Å². The predicted molar refractivity (Wildman–Crippen MR) is 109 cm³/mol. The summed E-state index contributed by atoms with van der Waals surface area (Å²) in [6.45, 7) is 6.53. The number of fused-ring (bicyclic) bond motifs is 1. The Morgan fingerprint density at radius 2 is 1.81 bits per heavy atom. The molecule has 0 aliphatic heterocycles. The standard InChI is InChI=1S/C19H19Cl2NO2.CH3NO/c1-19(2,3)8-11-7-13-12(5-6-16(23-4)18(13)24-11)17-14(20)9-22-10-15(17)21;2-1-3/h5-7,9-10H,8H2,1-4H3;1H,(H2,2,3). The van der Waals surface area contributed by atoms with Crippen LogP contribution >= 0.6 is 23.2 Å². The molecule has 0 spiro atoms. The molecular weight excluding hydrogens is 387 g/mol. The first kappa shape index (κ1) is 21.1. The molecule has 0 saturated carbocycles. The number of carbonyl (C=O) groups is 1. The zero-order chi connectivity index (χ0) is 20.2. The van der Waals surface area contributed by atoms with Gasteiger partial charge in [-0.05, 0) is 29.2 Å². The Morgan fingerprint density at radius 1 is 1.22 bits per heavy atom. The third-order valence-corrected chi connectivity index (χ3v) is 4.32. The van der Waals surface area contributed by atoms with Crippen molar-refractivity contribution in [1.29, 1.82) is 0 Å². The lowest BCUT2D eigenvalue weighted by Crippen LogP contribution is -2.08. The van der Waals surface area contributed by atoms with Crippen LogP contribution in [0, 0.1) is 5.41 Å². The first-order valence-corrected chi connectivity index (χ1v) is 9.01. The van der Waals surface area contributed by atoms with Crippen LogP contribution in [0.4, 0.5) is 0 Å². The van der Waals surface area contributed by atoms with Gasteiger partial charge in [-0.1, -0.05) is 44.0 Å². The van der Waals surface area contributed by atoms with Gasteiger partial charge in [-0.25, -0.2) is 0 Å². The molecule has 0 aliphatic carbocycles. The number of hydrogen-bond donors (Lipinski definition) is 1. The van der Waals surface area contributed by atoms with Crippen LogP contribution in [-0.2, 0) is 11.2 Å². The average Bonchev–Trinajstić information content (AvgIpc) is 2.97. The lowest BCUT2D eigenvalue weighted by Gasteiger charge is -2.15. The quantitative estimate of drug-likeness (QED) is 0.580. The lowest BCUT2D eigenvalue weighted by atomic mass is 9.91. The Labute approximate surface area is 168 Å². The highest BCUT2D eigenvalue weighted by atomic mass is 35.5. The van der Waals surface area contributed by atoms with Gasteiger partial charge < -0.3 is 14.9 Å². The average molecular weight is 409 g/mol. The van der Waals surface area contributed by atoms with Crippen molar-refractivity contribution in [2.24, 2.45) is 11.1 Å². The zero-order valence-electron chi connectivity index (χ0n) is 15.7. The van der Waals surface area contributed by atoms with Crippen LogP contribution < -0.4 is 10.5 Å². The third kappa shape index (κ3) is 4.93. The number of benzene rings is 1. The van der Waals surface area contributed by atoms with E-state index in [1.807, 2.05) is 18.2 Å². The van der Waals surface area contributed by atoms with Gasteiger partial charge in [-0.3, -0.25) is 9.78 Å². The van der Waals surface area contributed by atoms with Crippen molar-refractivity contribution < 1.29 is 13.9 Å². The van der Waals surface area contributed by atoms with Gasteiger partial charge in [0.1, 0.15) is 5.76 Å². The number of primary amides is 1. The van der Waals surface area contributed by atoms with Gasteiger partial charge in [0.2, 0.25) is 6.41 Å². The number of hydrogen-bond acceptors (Lipinski definition) is 4. The molecule has 0 bridgehead atoms. The van der Waals surface area contributed by atoms with E-state index in [4.69, 9.17) is 37.2 Å². The number of nitrogens with zero attached hydrogens (tertiary/aromatic N) is 1. The molecule has 7 heteroatoms. The van der Waals surface area contributed by atoms with Crippen LogP contribution in [0.3, 0.4) is 0 Å². The minimum absolute atomic E-state index is 0.118. The second kappa shape index (κ2) is 8.63. The maximum absolute atomic E-state index is 8.58. The molecule has 0 unspecified atom stereocenters. The Kier molecular flexibility index (Phi) is 6.73. The first-order chi connectivity index (χ1) is 12.7. The zero-order valence-corrected chi connectivity index (χ0v) is 17.2. The highest BCUT2D eigenvalue weighted by Crippen LogP contribution is 2.42. The van der Waals surface area contributed by atoms with Gasteiger partial charge in [-0.15, -0.1) is 0 Å². The van der Waals surface area contributed by atoms with E-state index in [1.165, 1.54) is 0 Å². The Hall–Kier alpha value is -2.24. The minimum Gasteiger partial charge on any atom is -0.493 e.